The highest BCUT2D eigenvalue weighted by molar-refractivity contribution is 7.80. The number of aryl methyl sites for hydroxylation is 1. The summed E-state index contributed by atoms with van der Waals surface area (Å²) in [6.07, 6.45) is 5.19. The van der Waals surface area contributed by atoms with E-state index in [-0.39, 0.29) is 12.4 Å². The number of nitrogens with zero attached hydrogens (tertiary/aromatic N) is 4. The van der Waals surface area contributed by atoms with E-state index in [2.05, 4.69) is 52.0 Å². The first-order valence-electron chi connectivity index (χ1n) is 9.58. The van der Waals surface area contributed by atoms with E-state index in [0.717, 1.165) is 11.3 Å². The van der Waals surface area contributed by atoms with Crippen molar-refractivity contribution in [2.75, 3.05) is 10.6 Å². The molecule has 9 heteroatoms. The average molecular weight is 455 g/mol. The SMILES string of the molecule is Cc1ccc(Cn2cc(NC(=S)Nc3nn(Cc4ccccc4F)cc3Cl)cn2)cc1. The fourth-order valence-corrected chi connectivity index (χ4v) is 3.44. The van der Waals surface area contributed by atoms with Crippen molar-refractivity contribution >= 4 is 40.4 Å². The molecular formula is C22H20ClFN6S. The summed E-state index contributed by atoms with van der Waals surface area (Å²) in [6, 6.07) is 14.9. The third-order valence-electron chi connectivity index (χ3n) is 4.60. The molecule has 4 aromatic rings. The lowest BCUT2D eigenvalue weighted by Gasteiger charge is -2.07. The van der Waals surface area contributed by atoms with Crippen molar-refractivity contribution < 1.29 is 4.39 Å². The summed E-state index contributed by atoms with van der Waals surface area (Å²) >= 11 is 11.6. The Balaban J connectivity index is 1.36. The Kier molecular flexibility index (Phi) is 6.29. The van der Waals surface area contributed by atoms with E-state index in [4.69, 9.17) is 23.8 Å². The van der Waals surface area contributed by atoms with Gasteiger partial charge in [-0.1, -0.05) is 59.6 Å². The van der Waals surface area contributed by atoms with Crippen LogP contribution in [0.1, 0.15) is 16.7 Å². The van der Waals surface area contributed by atoms with Crippen molar-refractivity contribution in [1.82, 2.24) is 19.6 Å². The highest BCUT2D eigenvalue weighted by atomic mass is 35.5. The number of rotatable bonds is 6. The normalized spacial score (nSPS) is 10.8. The van der Waals surface area contributed by atoms with Crippen LogP contribution in [0.25, 0.3) is 0 Å². The number of nitrogens with one attached hydrogen (secondary N) is 2. The molecule has 4 rings (SSSR count). The van der Waals surface area contributed by atoms with Gasteiger partial charge in [0.25, 0.3) is 0 Å². The van der Waals surface area contributed by atoms with Gasteiger partial charge < -0.3 is 10.6 Å². The molecule has 2 aromatic heterocycles. The van der Waals surface area contributed by atoms with E-state index in [1.165, 1.54) is 11.6 Å². The van der Waals surface area contributed by atoms with Crippen LogP contribution in [0.4, 0.5) is 15.9 Å². The van der Waals surface area contributed by atoms with Gasteiger partial charge in [-0.05, 0) is 30.8 Å². The summed E-state index contributed by atoms with van der Waals surface area (Å²) in [5.41, 5.74) is 3.65. The second-order valence-electron chi connectivity index (χ2n) is 7.11. The maximum Gasteiger partial charge on any atom is 0.176 e. The van der Waals surface area contributed by atoms with Crippen LogP contribution in [-0.2, 0) is 13.1 Å². The molecule has 6 nitrogen and oxygen atoms in total. The highest BCUT2D eigenvalue weighted by Crippen LogP contribution is 2.21. The van der Waals surface area contributed by atoms with Crippen LogP contribution in [0, 0.1) is 12.7 Å². The zero-order valence-electron chi connectivity index (χ0n) is 16.7. The Morgan fingerprint density at radius 1 is 1.03 bits per heavy atom. The maximum absolute atomic E-state index is 13.9. The van der Waals surface area contributed by atoms with Gasteiger partial charge in [0.1, 0.15) is 10.8 Å². The van der Waals surface area contributed by atoms with Crippen LogP contribution >= 0.6 is 23.8 Å². The molecule has 0 aliphatic heterocycles. The van der Waals surface area contributed by atoms with Gasteiger partial charge in [-0.3, -0.25) is 9.36 Å². The van der Waals surface area contributed by atoms with Crippen LogP contribution in [0.2, 0.25) is 5.02 Å². The van der Waals surface area contributed by atoms with Gasteiger partial charge in [0.2, 0.25) is 0 Å². The van der Waals surface area contributed by atoms with Crippen LogP contribution in [-0.4, -0.2) is 24.7 Å². The highest BCUT2D eigenvalue weighted by Gasteiger charge is 2.11. The van der Waals surface area contributed by atoms with Crippen LogP contribution < -0.4 is 10.6 Å². The summed E-state index contributed by atoms with van der Waals surface area (Å²) < 4.78 is 17.2. The number of benzene rings is 2. The first-order chi connectivity index (χ1) is 15.0. The second kappa shape index (κ2) is 9.28. The van der Waals surface area contributed by atoms with Crippen LogP contribution in [0.5, 0.6) is 0 Å². The Hall–Kier alpha value is -3.23. The van der Waals surface area contributed by atoms with Gasteiger partial charge in [-0.15, -0.1) is 0 Å². The minimum Gasteiger partial charge on any atom is -0.330 e. The molecule has 0 bridgehead atoms. The van der Waals surface area contributed by atoms with Gasteiger partial charge in [-0.2, -0.15) is 10.2 Å². The fourth-order valence-electron chi connectivity index (χ4n) is 3.03. The molecule has 31 heavy (non-hydrogen) atoms. The van der Waals surface area contributed by atoms with E-state index in [1.54, 1.807) is 35.3 Å². The van der Waals surface area contributed by atoms with Crippen LogP contribution in [0.3, 0.4) is 0 Å². The largest absolute Gasteiger partial charge is 0.330 e. The molecule has 0 unspecified atom stereocenters. The molecule has 0 aliphatic carbocycles. The van der Waals surface area contributed by atoms with E-state index >= 15 is 0 Å². The van der Waals surface area contributed by atoms with Gasteiger partial charge in [-0.25, -0.2) is 4.39 Å². The topological polar surface area (TPSA) is 59.7 Å². The molecule has 0 saturated carbocycles. The van der Waals surface area contributed by atoms with Crippen molar-refractivity contribution in [3.8, 4) is 0 Å². The van der Waals surface area contributed by atoms with Crippen molar-refractivity contribution in [1.29, 1.82) is 0 Å². The summed E-state index contributed by atoms with van der Waals surface area (Å²) in [5.74, 6) is 0.103. The second-order valence-corrected chi connectivity index (χ2v) is 7.92. The number of hydrogen-bond acceptors (Lipinski definition) is 3. The van der Waals surface area contributed by atoms with E-state index in [1.807, 2.05) is 10.9 Å². The van der Waals surface area contributed by atoms with E-state index in [0.29, 0.717) is 28.1 Å². The minimum absolute atomic E-state index is 0.264. The Morgan fingerprint density at radius 3 is 2.58 bits per heavy atom. The molecular weight excluding hydrogens is 435 g/mol. The number of aromatic nitrogens is 4. The van der Waals surface area contributed by atoms with Crippen molar-refractivity contribution in [2.24, 2.45) is 0 Å². The maximum atomic E-state index is 13.9. The lowest BCUT2D eigenvalue weighted by atomic mass is 10.1. The summed E-state index contributed by atoms with van der Waals surface area (Å²) in [5, 5.41) is 15.5. The molecule has 0 fully saturated rings. The molecule has 0 saturated heterocycles. The standard InChI is InChI=1S/C22H20ClFN6S/c1-15-6-8-16(9-7-15)11-29-13-18(10-25-29)26-22(31)27-21-19(23)14-30(28-21)12-17-4-2-3-5-20(17)24/h2-10,13-14H,11-12H2,1H3,(H2,26,27,28,31). The van der Waals surface area contributed by atoms with Gasteiger partial charge in [0.05, 0.1) is 25.0 Å². The zero-order valence-corrected chi connectivity index (χ0v) is 18.3. The molecule has 2 N–H and O–H groups in total. The molecule has 0 spiro atoms. The Morgan fingerprint density at radius 2 is 1.81 bits per heavy atom. The van der Waals surface area contributed by atoms with Crippen molar-refractivity contribution in [3.05, 3.63) is 94.7 Å². The third-order valence-corrected chi connectivity index (χ3v) is 5.08. The molecule has 0 aliphatic rings. The first-order valence-corrected chi connectivity index (χ1v) is 10.4. The molecule has 158 valence electrons. The molecule has 2 heterocycles. The predicted molar refractivity (Wildman–Crippen MR) is 125 cm³/mol. The quantitative estimate of drug-likeness (QED) is 0.397. The smallest absolute Gasteiger partial charge is 0.176 e. The molecule has 0 radical (unpaired) electrons. The van der Waals surface area contributed by atoms with E-state index in [9.17, 15) is 4.39 Å². The lowest BCUT2D eigenvalue weighted by Crippen LogP contribution is -2.19. The summed E-state index contributed by atoms with van der Waals surface area (Å²) in [6.45, 7) is 2.98. The fraction of sp³-hybridized carbons (Fsp3) is 0.136. The Bertz CT molecular complexity index is 1200. The first kappa shape index (κ1) is 21.0. The number of hydrogen-bond donors (Lipinski definition) is 2. The predicted octanol–water partition coefficient (Wildman–Crippen LogP) is 5.09. The number of thiocarbonyl (C=S) groups is 1. The minimum atomic E-state index is -0.288. The molecule has 0 amide bonds. The third kappa shape index (κ3) is 5.48. The van der Waals surface area contributed by atoms with Gasteiger partial charge >= 0.3 is 0 Å². The van der Waals surface area contributed by atoms with Crippen LogP contribution in [0.15, 0.2) is 67.1 Å². The molecule has 0 atom stereocenters. The zero-order chi connectivity index (χ0) is 21.8. The van der Waals surface area contributed by atoms with Gasteiger partial charge in [0.15, 0.2) is 10.9 Å². The monoisotopic (exact) mass is 454 g/mol. The Labute approximate surface area is 189 Å². The summed E-state index contributed by atoms with van der Waals surface area (Å²) in [7, 11) is 0. The lowest BCUT2D eigenvalue weighted by molar-refractivity contribution is 0.586. The van der Waals surface area contributed by atoms with Crippen molar-refractivity contribution in [2.45, 2.75) is 20.0 Å². The molecule has 2 aromatic carbocycles. The average Bonchev–Trinajstić information content (AvgIpc) is 3.31. The van der Waals surface area contributed by atoms with Gasteiger partial charge in [0, 0.05) is 18.0 Å². The number of anilines is 2. The van der Waals surface area contributed by atoms with Crippen molar-refractivity contribution in [3.63, 3.8) is 0 Å². The van der Waals surface area contributed by atoms with E-state index < -0.39 is 0 Å². The number of halogens is 2. The summed E-state index contributed by atoms with van der Waals surface area (Å²) in [4.78, 5) is 0.